The highest BCUT2D eigenvalue weighted by Gasteiger charge is 2.13. The molecule has 4 nitrogen and oxygen atoms in total. The molecule has 21 heavy (non-hydrogen) atoms. The van der Waals surface area contributed by atoms with Crippen LogP contribution in [0.5, 0.6) is 5.75 Å². The van der Waals surface area contributed by atoms with Crippen LogP contribution in [0.2, 0.25) is 5.02 Å². The van der Waals surface area contributed by atoms with Crippen LogP contribution in [-0.4, -0.2) is 23.1 Å². The van der Waals surface area contributed by atoms with Crippen LogP contribution in [0.1, 0.15) is 5.56 Å². The lowest BCUT2D eigenvalue weighted by Gasteiger charge is -2.19. The molecule has 0 heterocycles. The number of phenols is 1. The van der Waals surface area contributed by atoms with Gasteiger partial charge >= 0.3 is 6.03 Å². The first-order valence-corrected chi connectivity index (χ1v) is 6.59. The molecule has 0 fully saturated rings. The second kappa shape index (κ2) is 6.45. The molecule has 2 rings (SSSR count). The fourth-order valence-corrected chi connectivity index (χ4v) is 1.99. The number of benzene rings is 2. The second-order valence-corrected chi connectivity index (χ2v) is 4.95. The minimum Gasteiger partial charge on any atom is -0.508 e. The third-order valence-corrected chi connectivity index (χ3v) is 3.23. The van der Waals surface area contributed by atoms with Gasteiger partial charge in [0.15, 0.2) is 0 Å². The molecule has 0 radical (unpaired) electrons. The van der Waals surface area contributed by atoms with Crippen molar-refractivity contribution in [3.63, 3.8) is 0 Å². The summed E-state index contributed by atoms with van der Waals surface area (Å²) in [6, 6.07) is 10.1. The number of nitrogens with zero attached hydrogens (tertiary/aromatic N) is 1. The van der Waals surface area contributed by atoms with E-state index in [4.69, 9.17) is 11.6 Å². The number of carbonyl (C=O) groups is 1. The van der Waals surface area contributed by atoms with Crippen molar-refractivity contribution in [3.8, 4) is 5.75 Å². The molecule has 0 bridgehead atoms. The number of para-hydroxylation sites is 1. The molecule has 0 spiro atoms. The average molecular weight is 309 g/mol. The highest BCUT2D eigenvalue weighted by Crippen LogP contribution is 2.23. The van der Waals surface area contributed by atoms with Crippen molar-refractivity contribution in [2.24, 2.45) is 0 Å². The van der Waals surface area contributed by atoms with Crippen molar-refractivity contribution in [1.82, 2.24) is 4.90 Å². The van der Waals surface area contributed by atoms with Crippen molar-refractivity contribution in [2.45, 2.75) is 6.54 Å². The highest BCUT2D eigenvalue weighted by atomic mass is 35.5. The van der Waals surface area contributed by atoms with Crippen molar-refractivity contribution in [1.29, 1.82) is 0 Å². The van der Waals surface area contributed by atoms with E-state index in [-0.39, 0.29) is 17.3 Å². The van der Waals surface area contributed by atoms with Gasteiger partial charge in [0.25, 0.3) is 0 Å². The first-order valence-electron chi connectivity index (χ1n) is 6.21. The number of hydrogen-bond acceptors (Lipinski definition) is 2. The lowest BCUT2D eigenvalue weighted by Crippen LogP contribution is -2.30. The SMILES string of the molecule is CN(Cc1ccccc1O)C(=O)Nc1ccc(F)cc1Cl. The molecule has 0 saturated heterocycles. The van der Waals surface area contributed by atoms with E-state index in [1.54, 1.807) is 31.3 Å². The van der Waals surface area contributed by atoms with Crippen LogP contribution in [0.3, 0.4) is 0 Å². The number of carbonyl (C=O) groups excluding carboxylic acids is 1. The first-order chi connectivity index (χ1) is 9.97. The Kier molecular flexibility index (Phi) is 4.65. The molecule has 0 aliphatic carbocycles. The Bertz CT molecular complexity index is 664. The van der Waals surface area contributed by atoms with Gasteiger partial charge in [-0.3, -0.25) is 0 Å². The van der Waals surface area contributed by atoms with Gasteiger partial charge in [-0.05, 0) is 24.3 Å². The summed E-state index contributed by atoms with van der Waals surface area (Å²) in [6.45, 7) is 0.233. The molecule has 0 aromatic heterocycles. The van der Waals surface area contributed by atoms with Gasteiger partial charge in [0, 0.05) is 12.6 Å². The Morgan fingerprint density at radius 1 is 1.33 bits per heavy atom. The standard InChI is InChI=1S/C15H14ClFN2O2/c1-19(9-10-4-2-3-5-14(10)20)15(21)18-13-7-6-11(17)8-12(13)16/h2-8,20H,9H2,1H3,(H,18,21). The van der Waals surface area contributed by atoms with E-state index in [1.165, 1.54) is 17.0 Å². The highest BCUT2D eigenvalue weighted by molar-refractivity contribution is 6.33. The zero-order valence-electron chi connectivity index (χ0n) is 11.3. The summed E-state index contributed by atoms with van der Waals surface area (Å²) in [4.78, 5) is 13.4. The molecule has 2 aromatic carbocycles. The summed E-state index contributed by atoms with van der Waals surface area (Å²) in [6.07, 6.45) is 0. The summed E-state index contributed by atoms with van der Waals surface area (Å²) < 4.78 is 12.9. The zero-order chi connectivity index (χ0) is 15.4. The fraction of sp³-hybridized carbons (Fsp3) is 0.133. The first kappa shape index (κ1) is 15.1. The van der Waals surface area contributed by atoms with E-state index in [0.29, 0.717) is 11.3 Å². The number of aromatic hydroxyl groups is 1. The lowest BCUT2D eigenvalue weighted by atomic mass is 10.2. The van der Waals surface area contributed by atoms with Gasteiger partial charge in [-0.25, -0.2) is 9.18 Å². The Morgan fingerprint density at radius 2 is 2.05 bits per heavy atom. The van der Waals surface area contributed by atoms with Gasteiger partial charge in [-0.15, -0.1) is 0 Å². The smallest absolute Gasteiger partial charge is 0.321 e. The third kappa shape index (κ3) is 3.86. The summed E-state index contributed by atoms with van der Waals surface area (Å²) in [7, 11) is 1.58. The maximum Gasteiger partial charge on any atom is 0.321 e. The normalized spacial score (nSPS) is 10.2. The Hall–Kier alpha value is -2.27. The number of rotatable bonds is 3. The van der Waals surface area contributed by atoms with Gasteiger partial charge in [0.05, 0.1) is 17.3 Å². The predicted molar refractivity (Wildman–Crippen MR) is 80.0 cm³/mol. The van der Waals surface area contributed by atoms with Crippen LogP contribution in [0.15, 0.2) is 42.5 Å². The molecular weight excluding hydrogens is 295 g/mol. The van der Waals surface area contributed by atoms with E-state index in [9.17, 15) is 14.3 Å². The maximum absolute atomic E-state index is 12.9. The minimum atomic E-state index is -0.472. The van der Waals surface area contributed by atoms with Crippen molar-refractivity contribution in [2.75, 3.05) is 12.4 Å². The van der Waals surface area contributed by atoms with E-state index in [2.05, 4.69) is 5.32 Å². The van der Waals surface area contributed by atoms with Gasteiger partial charge in [-0.2, -0.15) is 0 Å². The van der Waals surface area contributed by atoms with Crippen LogP contribution in [0.25, 0.3) is 0 Å². The summed E-state index contributed by atoms with van der Waals surface area (Å²) in [5, 5.41) is 12.4. The lowest BCUT2D eigenvalue weighted by molar-refractivity contribution is 0.220. The quantitative estimate of drug-likeness (QED) is 0.905. The molecule has 0 aliphatic heterocycles. The summed E-state index contributed by atoms with van der Waals surface area (Å²) >= 11 is 5.85. The topological polar surface area (TPSA) is 52.6 Å². The van der Waals surface area contributed by atoms with Gasteiger partial charge in [-0.1, -0.05) is 29.8 Å². The van der Waals surface area contributed by atoms with E-state index in [0.717, 1.165) is 6.07 Å². The van der Waals surface area contributed by atoms with E-state index >= 15 is 0 Å². The van der Waals surface area contributed by atoms with Crippen LogP contribution >= 0.6 is 11.6 Å². The molecule has 0 unspecified atom stereocenters. The molecule has 2 aromatic rings. The monoisotopic (exact) mass is 308 g/mol. The predicted octanol–water partition coefficient (Wildman–Crippen LogP) is 3.85. The van der Waals surface area contributed by atoms with Crippen LogP contribution in [0.4, 0.5) is 14.9 Å². The Balaban J connectivity index is 2.04. The maximum atomic E-state index is 12.9. The minimum absolute atomic E-state index is 0.122. The largest absolute Gasteiger partial charge is 0.508 e. The van der Waals surface area contributed by atoms with Crippen LogP contribution in [0, 0.1) is 5.82 Å². The fourth-order valence-electron chi connectivity index (χ4n) is 1.77. The number of phenolic OH excluding ortho intramolecular Hbond substituents is 1. The van der Waals surface area contributed by atoms with Crippen molar-refractivity contribution in [3.05, 3.63) is 58.9 Å². The van der Waals surface area contributed by atoms with E-state index < -0.39 is 11.8 Å². The molecule has 0 aliphatic rings. The molecule has 6 heteroatoms. The van der Waals surface area contributed by atoms with Crippen LogP contribution < -0.4 is 5.32 Å². The number of halogens is 2. The Morgan fingerprint density at radius 3 is 2.71 bits per heavy atom. The van der Waals surface area contributed by atoms with Gasteiger partial charge in [0.2, 0.25) is 0 Å². The molecule has 2 N–H and O–H groups in total. The zero-order valence-corrected chi connectivity index (χ0v) is 12.1. The molecule has 0 saturated carbocycles. The molecule has 0 atom stereocenters. The van der Waals surface area contributed by atoms with Gasteiger partial charge < -0.3 is 15.3 Å². The van der Waals surface area contributed by atoms with Gasteiger partial charge in [0.1, 0.15) is 11.6 Å². The van der Waals surface area contributed by atoms with Crippen molar-refractivity contribution >= 4 is 23.3 Å². The number of amides is 2. The summed E-state index contributed by atoms with van der Waals surface area (Å²) in [5.74, 6) is -0.350. The third-order valence-electron chi connectivity index (χ3n) is 2.92. The molecular formula is C15H14ClFN2O2. The Labute approximate surface area is 126 Å². The number of nitrogens with one attached hydrogen (secondary N) is 1. The average Bonchev–Trinajstić information content (AvgIpc) is 2.44. The van der Waals surface area contributed by atoms with Crippen molar-refractivity contribution < 1.29 is 14.3 Å². The number of hydrogen-bond donors (Lipinski definition) is 2. The molecule has 110 valence electrons. The molecule has 2 amide bonds. The second-order valence-electron chi connectivity index (χ2n) is 4.54. The number of urea groups is 1. The van der Waals surface area contributed by atoms with E-state index in [1.807, 2.05) is 0 Å². The van der Waals surface area contributed by atoms with Crippen LogP contribution in [-0.2, 0) is 6.54 Å². The summed E-state index contributed by atoms with van der Waals surface area (Å²) in [5.41, 5.74) is 0.951. The number of anilines is 1.